The molecule has 2 aromatic heterocycles. The van der Waals surface area contributed by atoms with E-state index < -0.39 is 4.92 Å². The van der Waals surface area contributed by atoms with Crippen LogP contribution in [0.5, 0.6) is 0 Å². The molecule has 0 unspecified atom stereocenters. The highest BCUT2D eigenvalue weighted by molar-refractivity contribution is 7.99. The minimum atomic E-state index is -0.515. The minimum absolute atomic E-state index is 0.0430. The maximum Gasteiger partial charge on any atom is 0.293 e. The number of amides is 1. The molecule has 10 heteroatoms. The highest BCUT2D eigenvalue weighted by Gasteiger charge is 2.18. The van der Waals surface area contributed by atoms with Gasteiger partial charge in [-0.3, -0.25) is 19.5 Å². The lowest BCUT2D eigenvalue weighted by molar-refractivity contribution is -0.384. The van der Waals surface area contributed by atoms with Crippen molar-refractivity contribution >= 4 is 29.0 Å². The molecule has 1 N–H and O–H groups in total. The van der Waals surface area contributed by atoms with Crippen molar-refractivity contribution in [2.24, 2.45) is 0 Å². The number of aryl methyl sites for hydroxylation is 1. The van der Waals surface area contributed by atoms with Crippen LogP contribution in [0.15, 0.2) is 46.2 Å². The van der Waals surface area contributed by atoms with Crippen LogP contribution < -0.4 is 5.32 Å². The number of nitro groups is 1. The third-order valence-electron chi connectivity index (χ3n) is 3.73. The van der Waals surface area contributed by atoms with Crippen LogP contribution in [-0.2, 0) is 11.3 Å². The molecule has 0 bridgehead atoms. The lowest BCUT2D eigenvalue weighted by Crippen LogP contribution is -2.15. The Balaban J connectivity index is 1.69. The number of hydrogen-bond acceptors (Lipinski definition) is 7. The smallest absolute Gasteiger partial charge is 0.293 e. The third-order valence-corrected chi connectivity index (χ3v) is 4.70. The fourth-order valence-corrected chi connectivity index (χ4v) is 3.29. The number of carbonyl (C=O) groups excluding carboxylic acids is 1. The van der Waals surface area contributed by atoms with Crippen LogP contribution >= 0.6 is 11.8 Å². The van der Waals surface area contributed by atoms with Crippen LogP contribution in [0.2, 0.25) is 0 Å². The number of anilines is 1. The highest BCUT2D eigenvalue weighted by atomic mass is 32.2. The second kappa shape index (κ2) is 8.04. The molecule has 140 valence electrons. The summed E-state index contributed by atoms with van der Waals surface area (Å²) in [6, 6.07) is 8.21. The van der Waals surface area contributed by atoms with E-state index >= 15 is 0 Å². The molecule has 1 amide bonds. The largest absolute Gasteiger partial charge is 0.461 e. The molecule has 0 fully saturated rings. The van der Waals surface area contributed by atoms with Crippen LogP contribution in [0.1, 0.15) is 12.5 Å². The molecular formula is C17H17N5O4S. The summed E-state index contributed by atoms with van der Waals surface area (Å²) in [7, 11) is 0. The summed E-state index contributed by atoms with van der Waals surface area (Å²) >= 11 is 1.20. The zero-order chi connectivity index (χ0) is 19.4. The Morgan fingerprint density at radius 3 is 2.85 bits per heavy atom. The molecule has 9 nitrogen and oxygen atoms in total. The first-order valence-corrected chi connectivity index (χ1v) is 9.13. The molecule has 0 saturated carbocycles. The Labute approximate surface area is 158 Å². The molecule has 0 spiro atoms. The fraction of sp³-hybridized carbons (Fsp3) is 0.235. The Morgan fingerprint density at radius 1 is 1.37 bits per heavy atom. The van der Waals surface area contributed by atoms with Gasteiger partial charge in [0.25, 0.3) is 5.69 Å². The summed E-state index contributed by atoms with van der Waals surface area (Å²) in [6.07, 6.45) is 1.55. The number of benzene rings is 1. The maximum absolute atomic E-state index is 12.3. The molecule has 0 atom stereocenters. The molecular weight excluding hydrogens is 370 g/mol. The van der Waals surface area contributed by atoms with Gasteiger partial charge in [-0.25, -0.2) is 0 Å². The minimum Gasteiger partial charge on any atom is -0.461 e. The number of thioether (sulfide) groups is 1. The number of furan rings is 1. The predicted octanol–water partition coefficient (Wildman–Crippen LogP) is 3.51. The summed E-state index contributed by atoms with van der Waals surface area (Å²) in [5.41, 5.74) is 0.783. The summed E-state index contributed by atoms with van der Waals surface area (Å²) < 4.78 is 7.19. The van der Waals surface area contributed by atoms with E-state index in [2.05, 4.69) is 15.5 Å². The van der Waals surface area contributed by atoms with Crippen molar-refractivity contribution < 1.29 is 14.1 Å². The van der Waals surface area contributed by atoms with Gasteiger partial charge in [0.1, 0.15) is 5.69 Å². The van der Waals surface area contributed by atoms with Gasteiger partial charge in [-0.05, 0) is 37.6 Å². The van der Waals surface area contributed by atoms with Crippen LogP contribution in [0, 0.1) is 17.0 Å². The third kappa shape index (κ3) is 4.17. The van der Waals surface area contributed by atoms with Crippen molar-refractivity contribution in [3.05, 3.63) is 52.3 Å². The Kier molecular flexibility index (Phi) is 5.55. The van der Waals surface area contributed by atoms with Crippen molar-refractivity contribution in [3.8, 4) is 11.6 Å². The predicted molar refractivity (Wildman–Crippen MR) is 101 cm³/mol. The van der Waals surface area contributed by atoms with Crippen molar-refractivity contribution in [1.82, 2.24) is 14.8 Å². The maximum atomic E-state index is 12.3. The molecule has 0 saturated heterocycles. The monoisotopic (exact) mass is 387 g/mol. The molecule has 0 aliphatic heterocycles. The number of rotatable bonds is 7. The fourth-order valence-electron chi connectivity index (χ4n) is 2.48. The van der Waals surface area contributed by atoms with E-state index in [0.29, 0.717) is 23.3 Å². The van der Waals surface area contributed by atoms with Crippen LogP contribution in [0.25, 0.3) is 11.6 Å². The van der Waals surface area contributed by atoms with Gasteiger partial charge >= 0.3 is 0 Å². The molecule has 3 aromatic rings. The SMILES string of the molecule is CCn1c(SCC(=O)Nc2ccc(C)cc2[N+](=O)[O-])nnc1-c1ccco1. The molecule has 0 radical (unpaired) electrons. The second-order valence-electron chi connectivity index (χ2n) is 5.64. The first-order chi connectivity index (χ1) is 13.0. The quantitative estimate of drug-likeness (QED) is 0.374. The number of nitrogens with zero attached hydrogens (tertiary/aromatic N) is 4. The Bertz CT molecular complexity index is 968. The summed E-state index contributed by atoms with van der Waals surface area (Å²) in [5, 5.41) is 22.5. The summed E-state index contributed by atoms with van der Waals surface area (Å²) in [6.45, 7) is 4.30. The zero-order valence-corrected chi connectivity index (χ0v) is 15.5. The summed E-state index contributed by atoms with van der Waals surface area (Å²) in [4.78, 5) is 22.9. The van der Waals surface area contributed by atoms with Gasteiger partial charge in [-0.2, -0.15) is 0 Å². The number of nitro benzene ring substituents is 1. The Morgan fingerprint density at radius 2 is 2.19 bits per heavy atom. The van der Waals surface area contributed by atoms with Crippen LogP contribution in [0.3, 0.4) is 0 Å². The van der Waals surface area contributed by atoms with Crippen molar-refractivity contribution in [3.63, 3.8) is 0 Å². The van der Waals surface area contributed by atoms with Crippen molar-refractivity contribution in [2.45, 2.75) is 25.5 Å². The lowest BCUT2D eigenvalue weighted by Gasteiger charge is -2.07. The Hall–Kier alpha value is -3.14. The van der Waals surface area contributed by atoms with E-state index in [9.17, 15) is 14.9 Å². The van der Waals surface area contributed by atoms with E-state index in [-0.39, 0.29) is 23.0 Å². The lowest BCUT2D eigenvalue weighted by atomic mass is 10.2. The average Bonchev–Trinajstić information content (AvgIpc) is 3.30. The van der Waals surface area contributed by atoms with Gasteiger partial charge in [0.15, 0.2) is 16.7 Å². The van der Waals surface area contributed by atoms with E-state index in [1.54, 1.807) is 31.4 Å². The van der Waals surface area contributed by atoms with Gasteiger partial charge in [-0.15, -0.1) is 10.2 Å². The van der Waals surface area contributed by atoms with Crippen LogP contribution in [0.4, 0.5) is 11.4 Å². The molecule has 0 aliphatic rings. The topological polar surface area (TPSA) is 116 Å². The van der Waals surface area contributed by atoms with Gasteiger partial charge in [0.05, 0.1) is 16.9 Å². The van der Waals surface area contributed by atoms with Gasteiger partial charge in [0, 0.05) is 12.6 Å². The first-order valence-electron chi connectivity index (χ1n) is 8.14. The molecule has 2 heterocycles. The van der Waals surface area contributed by atoms with E-state index in [4.69, 9.17) is 4.42 Å². The number of hydrogen-bond donors (Lipinski definition) is 1. The zero-order valence-electron chi connectivity index (χ0n) is 14.7. The standard InChI is InChI=1S/C17H17N5O4S/c1-3-21-16(14-5-4-8-26-14)19-20-17(21)27-10-15(23)18-12-7-6-11(2)9-13(12)22(24)25/h4-9H,3,10H2,1-2H3,(H,18,23). The van der Waals surface area contributed by atoms with Crippen LogP contribution in [-0.4, -0.2) is 31.3 Å². The van der Waals surface area contributed by atoms with Gasteiger partial charge in [0.2, 0.25) is 5.91 Å². The number of aromatic nitrogens is 3. The van der Waals surface area contributed by atoms with E-state index in [1.807, 2.05) is 11.5 Å². The van der Waals surface area contributed by atoms with E-state index in [0.717, 1.165) is 5.56 Å². The molecule has 27 heavy (non-hydrogen) atoms. The molecule has 3 rings (SSSR count). The van der Waals surface area contributed by atoms with Crippen molar-refractivity contribution in [2.75, 3.05) is 11.1 Å². The van der Waals surface area contributed by atoms with Gasteiger partial charge < -0.3 is 9.73 Å². The average molecular weight is 387 g/mol. The second-order valence-corrected chi connectivity index (χ2v) is 6.58. The van der Waals surface area contributed by atoms with E-state index in [1.165, 1.54) is 23.9 Å². The molecule has 1 aromatic carbocycles. The number of carbonyl (C=O) groups is 1. The van der Waals surface area contributed by atoms with Gasteiger partial charge in [-0.1, -0.05) is 17.8 Å². The normalized spacial score (nSPS) is 10.7. The molecule has 0 aliphatic carbocycles. The first kappa shape index (κ1) is 18.6. The summed E-state index contributed by atoms with van der Waals surface area (Å²) in [5.74, 6) is 0.856. The number of nitrogens with one attached hydrogen (secondary N) is 1. The van der Waals surface area contributed by atoms with Crippen molar-refractivity contribution in [1.29, 1.82) is 0 Å². The highest BCUT2D eigenvalue weighted by Crippen LogP contribution is 2.27.